The van der Waals surface area contributed by atoms with Gasteiger partial charge in [-0.2, -0.15) is 0 Å². The summed E-state index contributed by atoms with van der Waals surface area (Å²) in [7, 11) is 0. The fraction of sp³-hybridized carbons (Fsp3) is 0.389. The van der Waals surface area contributed by atoms with Crippen molar-refractivity contribution in [2.45, 2.75) is 13.3 Å². The average Bonchev–Trinajstić information content (AvgIpc) is 2.62. The first-order chi connectivity index (χ1) is 11.7. The first-order valence-electron chi connectivity index (χ1n) is 8.28. The van der Waals surface area contributed by atoms with E-state index in [1.54, 1.807) is 0 Å². The van der Waals surface area contributed by atoms with Crippen LogP contribution in [0.4, 0.5) is 5.82 Å². The Balaban J connectivity index is 1.80. The molecular weight excluding hydrogens is 304 g/mol. The van der Waals surface area contributed by atoms with Crippen LogP contribution in [0.25, 0.3) is 11.4 Å². The monoisotopic (exact) mass is 326 g/mol. The minimum atomic E-state index is -0.773. The van der Waals surface area contributed by atoms with E-state index in [1.807, 2.05) is 41.3 Å². The molecule has 1 N–H and O–H groups in total. The number of nitrogens with zero attached hydrogens (tertiary/aromatic N) is 4. The predicted octanol–water partition coefficient (Wildman–Crippen LogP) is 1.91. The molecule has 1 fully saturated rings. The molecular formula is C18H22N4O2. The zero-order valence-corrected chi connectivity index (χ0v) is 13.9. The molecule has 1 aliphatic heterocycles. The zero-order chi connectivity index (χ0) is 16.9. The van der Waals surface area contributed by atoms with E-state index in [-0.39, 0.29) is 6.54 Å². The summed E-state index contributed by atoms with van der Waals surface area (Å²) in [4.78, 5) is 24.4. The molecule has 2 heterocycles. The Hall–Kier alpha value is -2.47. The standard InChI is InChI=1S/C18H22N4O2/c1-2-15-12-16(20-18(19-15)14-6-4-3-5-7-14)22-10-8-21(9-11-22)13-17(23)24/h3-7,12H,2,8-11,13H2,1H3,(H,23,24). The second-order valence-corrected chi connectivity index (χ2v) is 5.92. The molecule has 1 aliphatic rings. The summed E-state index contributed by atoms with van der Waals surface area (Å²) < 4.78 is 0. The number of hydrogen-bond donors (Lipinski definition) is 1. The SMILES string of the molecule is CCc1cc(N2CCN(CC(=O)O)CC2)nc(-c2ccccc2)n1. The Kier molecular flexibility index (Phi) is 5.05. The molecule has 126 valence electrons. The molecule has 0 saturated carbocycles. The van der Waals surface area contributed by atoms with Crippen LogP contribution in [0.15, 0.2) is 36.4 Å². The molecule has 2 aromatic rings. The number of rotatable bonds is 5. The van der Waals surface area contributed by atoms with Crippen molar-refractivity contribution in [3.8, 4) is 11.4 Å². The minimum absolute atomic E-state index is 0.104. The topological polar surface area (TPSA) is 69.6 Å². The highest BCUT2D eigenvalue weighted by molar-refractivity contribution is 5.69. The zero-order valence-electron chi connectivity index (χ0n) is 13.9. The third-order valence-electron chi connectivity index (χ3n) is 4.22. The molecule has 0 amide bonds. The van der Waals surface area contributed by atoms with Crippen LogP contribution in [-0.4, -0.2) is 58.7 Å². The van der Waals surface area contributed by atoms with E-state index in [2.05, 4.69) is 16.8 Å². The molecule has 0 unspecified atom stereocenters. The third-order valence-corrected chi connectivity index (χ3v) is 4.22. The smallest absolute Gasteiger partial charge is 0.317 e. The highest BCUT2D eigenvalue weighted by atomic mass is 16.4. The number of anilines is 1. The van der Waals surface area contributed by atoms with Crippen molar-refractivity contribution in [2.75, 3.05) is 37.6 Å². The maximum atomic E-state index is 10.8. The van der Waals surface area contributed by atoms with E-state index in [0.717, 1.165) is 55.5 Å². The lowest BCUT2D eigenvalue weighted by atomic mass is 10.2. The van der Waals surface area contributed by atoms with Gasteiger partial charge in [0.1, 0.15) is 5.82 Å². The van der Waals surface area contributed by atoms with Crippen LogP contribution in [0.5, 0.6) is 0 Å². The normalized spacial score (nSPS) is 15.5. The second-order valence-electron chi connectivity index (χ2n) is 5.92. The Morgan fingerprint density at radius 1 is 1.12 bits per heavy atom. The van der Waals surface area contributed by atoms with Gasteiger partial charge < -0.3 is 10.0 Å². The highest BCUT2D eigenvalue weighted by Gasteiger charge is 2.20. The lowest BCUT2D eigenvalue weighted by Gasteiger charge is -2.34. The van der Waals surface area contributed by atoms with Gasteiger partial charge in [-0.3, -0.25) is 9.69 Å². The number of aromatic nitrogens is 2. The molecule has 24 heavy (non-hydrogen) atoms. The van der Waals surface area contributed by atoms with E-state index < -0.39 is 5.97 Å². The largest absolute Gasteiger partial charge is 0.480 e. The minimum Gasteiger partial charge on any atom is -0.480 e. The molecule has 1 aromatic carbocycles. The number of aryl methyl sites for hydroxylation is 1. The van der Waals surface area contributed by atoms with Crippen LogP contribution in [0.1, 0.15) is 12.6 Å². The molecule has 1 saturated heterocycles. The molecule has 0 atom stereocenters. The van der Waals surface area contributed by atoms with Gasteiger partial charge >= 0.3 is 5.97 Å². The van der Waals surface area contributed by atoms with Crippen molar-refractivity contribution in [3.05, 3.63) is 42.1 Å². The fourth-order valence-corrected chi connectivity index (χ4v) is 2.87. The summed E-state index contributed by atoms with van der Waals surface area (Å²) in [6, 6.07) is 12.0. The van der Waals surface area contributed by atoms with Gasteiger partial charge in [0, 0.05) is 43.5 Å². The maximum Gasteiger partial charge on any atom is 0.317 e. The van der Waals surface area contributed by atoms with Crippen LogP contribution < -0.4 is 4.90 Å². The molecule has 1 aromatic heterocycles. The summed E-state index contributed by atoms with van der Waals surface area (Å²) >= 11 is 0. The molecule has 0 aliphatic carbocycles. The number of carbonyl (C=O) groups is 1. The van der Waals surface area contributed by atoms with Crippen molar-refractivity contribution in [1.29, 1.82) is 0 Å². The van der Waals surface area contributed by atoms with E-state index >= 15 is 0 Å². The van der Waals surface area contributed by atoms with Gasteiger partial charge in [0.25, 0.3) is 0 Å². The van der Waals surface area contributed by atoms with Crippen molar-refractivity contribution < 1.29 is 9.90 Å². The summed E-state index contributed by atoms with van der Waals surface area (Å²) in [5.74, 6) is 0.902. The van der Waals surface area contributed by atoms with Gasteiger partial charge in [-0.25, -0.2) is 9.97 Å². The van der Waals surface area contributed by atoms with Crippen molar-refractivity contribution in [3.63, 3.8) is 0 Å². The number of carboxylic acid groups (broad SMARTS) is 1. The summed E-state index contributed by atoms with van der Waals surface area (Å²) in [6.07, 6.45) is 0.855. The van der Waals surface area contributed by atoms with Crippen molar-refractivity contribution in [2.24, 2.45) is 0 Å². The lowest BCUT2D eigenvalue weighted by Crippen LogP contribution is -2.48. The Morgan fingerprint density at radius 2 is 1.83 bits per heavy atom. The van der Waals surface area contributed by atoms with E-state index in [1.165, 1.54) is 0 Å². The predicted molar refractivity (Wildman–Crippen MR) is 93.1 cm³/mol. The molecule has 0 radical (unpaired) electrons. The summed E-state index contributed by atoms with van der Waals surface area (Å²) in [6.45, 7) is 5.22. The van der Waals surface area contributed by atoms with Gasteiger partial charge in [0.15, 0.2) is 5.82 Å². The van der Waals surface area contributed by atoms with Gasteiger partial charge in [0.05, 0.1) is 6.54 Å². The Morgan fingerprint density at radius 3 is 2.46 bits per heavy atom. The van der Waals surface area contributed by atoms with E-state index in [9.17, 15) is 4.79 Å². The van der Waals surface area contributed by atoms with Gasteiger partial charge in [-0.15, -0.1) is 0 Å². The van der Waals surface area contributed by atoms with E-state index in [4.69, 9.17) is 10.1 Å². The molecule has 3 rings (SSSR count). The van der Waals surface area contributed by atoms with Crippen LogP contribution in [0.2, 0.25) is 0 Å². The second kappa shape index (κ2) is 7.40. The number of piperazine rings is 1. The fourth-order valence-electron chi connectivity index (χ4n) is 2.87. The first kappa shape index (κ1) is 16.4. The third kappa shape index (κ3) is 3.89. The van der Waals surface area contributed by atoms with Crippen LogP contribution in [0.3, 0.4) is 0 Å². The molecule has 6 heteroatoms. The van der Waals surface area contributed by atoms with Crippen LogP contribution in [0, 0.1) is 0 Å². The Bertz CT molecular complexity index is 697. The van der Waals surface area contributed by atoms with Crippen LogP contribution >= 0.6 is 0 Å². The van der Waals surface area contributed by atoms with Crippen LogP contribution in [-0.2, 0) is 11.2 Å². The van der Waals surface area contributed by atoms with Gasteiger partial charge in [-0.05, 0) is 6.42 Å². The average molecular weight is 326 g/mol. The molecule has 6 nitrogen and oxygen atoms in total. The number of benzene rings is 1. The Labute approximate surface area is 141 Å². The van der Waals surface area contributed by atoms with Gasteiger partial charge in [0.2, 0.25) is 0 Å². The quantitative estimate of drug-likeness (QED) is 0.905. The number of aliphatic carboxylic acids is 1. The lowest BCUT2D eigenvalue weighted by molar-refractivity contribution is -0.138. The van der Waals surface area contributed by atoms with Crippen molar-refractivity contribution in [1.82, 2.24) is 14.9 Å². The molecule has 0 spiro atoms. The summed E-state index contributed by atoms with van der Waals surface area (Å²) in [5, 5.41) is 8.90. The van der Waals surface area contributed by atoms with Crippen molar-refractivity contribution >= 4 is 11.8 Å². The van der Waals surface area contributed by atoms with E-state index in [0.29, 0.717) is 0 Å². The summed E-state index contributed by atoms with van der Waals surface area (Å²) in [5.41, 5.74) is 2.03. The first-order valence-corrected chi connectivity index (χ1v) is 8.28. The highest BCUT2D eigenvalue weighted by Crippen LogP contribution is 2.21. The molecule has 0 bridgehead atoms. The number of carboxylic acids is 1. The van der Waals surface area contributed by atoms with Gasteiger partial charge in [-0.1, -0.05) is 37.3 Å². The number of hydrogen-bond acceptors (Lipinski definition) is 5. The maximum absolute atomic E-state index is 10.8.